The molecular formula is C15H15FN2O5S. The van der Waals surface area contributed by atoms with E-state index in [9.17, 15) is 27.7 Å². The van der Waals surface area contributed by atoms with Crippen molar-refractivity contribution < 1.29 is 26.6 Å². The molecule has 1 aromatic rings. The van der Waals surface area contributed by atoms with Gasteiger partial charge in [-0.3, -0.25) is 13.8 Å². The number of alkyl halides is 1. The van der Waals surface area contributed by atoms with Crippen LogP contribution >= 0.6 is 0 Å². The van der Waals surface area contributed by atoms with Crippen LogP contribution in [0.2, 0.25) is 0 Å². The Hall–Kier alpha value is -2.31. The van der Waals surface area contributed by atoms with Crippen molar-refractivity contribution in [2.75, 3.05) is 6.67 Å². The largest absolute Gasteiger partial charge is 0.297 e. The predicted octanol–water partition coefficient (Wildman–Crippen LogP) is 1.65. The zero-order chi connectivity index (χ0) is 17.0. The van der Waals surface area contributed by atoms with E-state index in [1.807, 2.05) is 0 Å². The van der Waals surface area contributed by atoms with E-state index >= 15 is 0 Å². The highest BCUT2D eigenvalue weighted by Crippen LogP contribution is 2.38. The van der Waals surface area contributed by atoms with Crippen LogP contribution in [0, 0.1) is 11.3 Å². The fourth-order valence-corrected chi connectivity index (χ4v) is 4.08. The fraction of sp³-hybridized carbons (Fsp3) is 0.400. The number of halogens is 1. The summed E-state index contributed by atoms with van der Waals surface area (Å²) in [5, 5.41) is 9.48. The summed E-state index contributed by atoms with van der Waals surface area (Å²) in [6, 6.07) is 4.92. The van der Waals surface area contributed by atoms with Gasteiger partial charge in [0.25, 0.3) is 21.9 Å². The van der Waals surface area contributed by atoms with Gasteiger partial charge in [0.05, 0.1) is 22.1 Å². The highest BCUT2D eigenvalue weighted by molar-refractivity contribution is 7.86. The molecule has 0 aromatic heterocycles. The van der Waals surface area contributed by atoms with Gasteiger partial charge in [0.15, 0.2) is 5.54 Å². The van der Waals surface area contributed by atoms with Crippen LogP contribution in [0.15, 0.2) is 23.1 Å². The molecule has 0 spiro atoms. The van der Waals surface area contributed by atoms with Crippen LogP contribution in [-0.2, 0) is 14.3 Å². The number of fused-ring (bicyclic) bond motifs is 2. The van der Waals surface area contributed by atoms with Crippen LogP contribution in [0.25, 0.3) is 0 Å². The van der Waals surface area contributed by atoms with E-state index in [1.54, 1.807) is 6.07 Å². The number of nitriles is 1. The summed E-state index contributed by atoms with van der Waals surface area (Å²) in [4.78, 5) is 25.2. The lowest BCUT2D eigenvalue weighted by Gasteiger charge is -2.37. The fourth-order valence-electron chi connectivity index (χ4n) is 2.87. The molecule has 0 radical (unpaired) electrons. The molecule has 2 heterocycles. The second kappa shape index (κ2) is 5.65. The summed E-state index contributed by atoms with van der Waals surface area (Å²) in [6.07, 6.45) is -1.60. The Bertz CT molecular complexity index is 876. The zero-order valence-electron chi connectivity index (χ0n) is 11.9. The number of benzene rings is 1. The molecule has 2 aliphatic heterocycles. The number of hydrogen-bond donors (Lipinski definition) is 0. The highest BCUT2D eigenvalue weighted by Gasteiger charge is 2.56. The molecule has 3 bridgehead atoms. The number of amides is 2. The van der Waals surface area contributed by atoms with Gasteiger partial charge < -0.3 is 0 Å². The topological polar surface area (TPSA) is 105 Å². The first-order chi connectivity index (χ1) is 10.8. The van der Waals surface area contributed by atoms with Gasteiger partial charge >= 0.3 is 0 Å². The van der Waals surface area contributed by atoms with Crippen LogP contribution in [0.3, 0.4) is 0 Å². The van der Waals surface area contributed by atoms with Crippen molar-refractivity contribution in [3.8, 4) is 6.07 Å². The van der Waals surface area contributed by atoms with Crippen LogP contribution in [-0.4, -0.2) is 43.4 Å². The molecule has 1 aromatic carbocycles. The average molecular weight is 354 g/mol. The van der Waals surface area contributed by atoms with E-state index in [-0.39, 0.29) is 29.9 Å². The van der Waals surface area contributed by atoms with Gasteiger partial charge in [-0.25, -0.2) is 9.29 Å². The maximum absolute atomic E-state index is 13.8. The number of rotatable bonds is 2. The number of hydrogen-bond acceptors (Lipinski definition) is 6. The molecule has 128 valence electrons. The van der Waals surface area contributed by atoms with Gasteiger partial charge in [-0.1, -0.05) is 14.4 Å². The molecule has 24 heavy (non-hydrogen) atoms. The van der Waals surface area contributed by atoms with E-state index in [2.05, 4.69) is 0 Å². The summed E-state index contributed by atoms with van der Waals surface area (Å²) in [7, 11) is -4.30. The normalized spacial score (nSPS) is 27.0. The third kappa shape index (κ3) is 2.07. The molecule has 0 saturated heterocycles. The third-order valence-electron chi connectivity index (χ3n) is 4.09. The molecule has 0 N–H and O–H groups in total. The predicted molar refractivity (Wildman–Crippen MR) is 80.3 cm³/mol. The van der Waals surface area contributed by atoms with Crippen molar-refractivity contribution >= 4 is 21.9 Å². The molecule has 2 atom stereocenters. The Balaban J connectivity index is 0.00000208. The molecule has 7 nitrogen and oxygen atoms in total. The van der Waals surface area contributed by atoms with Gasteiger partial charge in [0, 0.05) is 0 Å². The van der Waals surface area contributed by atoms with Gasteiger partial charge in [0.2, 0.25) is 0 Å². The Morgan fingerprint density at radius 2 is 1.96 bits per heavy atom. The lowest BCUT2D eigenvalue weighted by atomic mass is 9.91. The SMILES string of the molecule is C.CCC1OS(=O)(=O)c2ccc3c(c2)C(=O)N(C3=O)C1(C#N)CF. The van der Waals surface area contributed by atoms with Crippen LogP contribution in [0.4, 0.5) is 4.39 Å². The minimum atomic E-state index is -4.30. The summed E-state index contributed by atoms with van der Waals surface area (Å²) in [5.74, 6) is -1.73. The molecule has 0 fully saturated rings. The first kappa shape index (κ1) is 18.0. The minimum absolute atomic E-state index is 0. The number of carbonyl (C=O) groups is 2. The second-order valence-corrected chi connectivity index (χ2v) is 6.84. The molecular weight excluding hydrogens is 339 g/mol. The molecule has 2 unspecified atom stereocenters. The van der Waals surface area contributed by atoms with E-state index in [0.29, 0.717) is 4.90 Å². The van der Waals surface area contributed by atoms with E-state index in [0.717, 1.165) is 12.1 Å². The van der Waals surface area contributed by atoms with Crippen molar-refractivity contribution in [2.24, 2.45) is 0 Å². The van der Waals surface area contributed by atoms with Gasteiger partial charge in [-0.15, -0.1) is 0 Å². The Kier molecular flexibility index (Phi) is 4.24. The van der Waals surface area contributed by atoms with E-state index in [1.165, 1.54) is 13.0 Å². The quantitative estimate of drug-likeness (QED) is 0.591. The minimum Gasteiger partial charge on any atom is -0.269 e. The Morgan fingerprint density at radius 1 is 1.33 bits per heavy atom. The first-order valence-electron chi connectivity index (χ1n) is 6.76. The Labute approximate surface area is 138 Å². The Morgan fingerprint density at radius 3 is 2.50 bits per heavy atom. The lowest BCUT2D eigenvalue weighted by Crippen LogP contribution is -2.60. The average Bonchev–Trinajstić information content (AvgIpc) is 2.80. The number of nitrogens with zero attached hydrogens (tertiary/aromatic N) is 2. The molecule has 2 aliphatic rings. The summed E-state index contributed by atoms with van der Waals surface area (Å²) in [5.41, 5.74) is -2.57. The summed E-state index contributed by atoms with van der Waals surface area (Å²) >= 11 is 0. The van der Waals surface area contributed by atoms with Crippen LogP contribution in [0.5, 0.6) is 0 Å². The molecule has 3 rings (SSSR count). The second-order valence-electron chi connectivity index (χ2n) is 5.27. The van der Waals surface area contributed by atoms with Gasteiger partial charge in [-0.05, 0) is 24.6 Å². The smallest absolute Gasteiger partial charge is 0.269 e. The summed E-state index contributed by atoms with van der Waals surface area (Å²) < 4.78 is 43.4. The van der Waals surface area contributed by atoms with Crippen LogP contribution < -0.4 is 0 Å². The van der Waals surface area contributed by atoms with Crippen molar-refractivity contribution in [3.05, 3.63) is 29.3 Å². The van der Waals surface area contributed by atoms with Crippen molar-refractivity contribution in [3.63, 3.8) is 0 Å². The van der Waals surface area contributed by atoms with Gasteiger partial charge in [0.1, 0.15) is 12.8 Å². The zero-order valence-corrected chi connectivity index (χ0v) is 12.8. The maximum atomic E-state index is 13.8. The standard InChI is InChI=1S/C14H11FN2O5S.CH4/c1-2-11-14(6-15,7-16)17-12(18)9-4-3-8(23(20,21)22-11)5-10(9)13(17)19;/h3-5,11H,2,6H2,1H3;1H4. The number of imide groups is 1. The number of carbonyl (C=O) groups excluding carboxylic acids is 2. The van der Waals surface area contributed by atoms with Crippen molar-refractivity contribution in [1.82, 2.24) is 4.90 Å². The summed E-state index contributed by atoms with van der Waals surface area (Å²) in [6.45, 7) is 0.0414. The van der Waals surface area contributed by atoms with Crippen LogP contribution in [0.1, 0.15) is 41.5 Å². The van der Waals surface area contributed by atoms with E-state index < -0.39 is 40.2 Å². The molecule has 0 aliphatic carbocycles. The van der Waals surface area contributed by atoms with Crippen molar-refractivity contribution in [2.45, 2.75) is 37.3 Å². The lowest BCUT2D eigenvalue weighted by molar-refractivity contribution is 0.0121. The monoisotopic (exact) mass is 354 g/mol. The maximum Gasteiger partial charge on any atom is 0.297 e. The highest BCUT2D eigenvalue weighted by atomic mass is 32.2. The van der Waals surface area contributed by atoms with Crippen molar-refractivity contribution in [1.29, 1.82) is 5.26 Å². The molecule has 2 amide bonds. The molecule has 0 saturated carbocycles. The first-order valence-corrected chi connectivity index (χ1v) is 8.16. The third-order valence-corrected chi connectivity index (χ3v) is 5.41. The molecule has 9 heteroatoms. The van der Waals surface area contributed by atoms with E-state index in [4.69, 9.17) is 4.18 Å². The van der Waals surface area contributed by atoms with Gasteiger partial charge in [-0.2, -0.15) is 13.7 Å².